The van der Waals surface area contributed by atoms with Gasteiger partial charge in [-0.3, -0.25) is 4.79 Å². The van der Waals surface area contributed by atoms with E-state index in [4.69, 9.17) is 4.74 Å². The van der Waals surface area contributed by atoms with Gasteiger partial charge in [-0.05, 0) is 69.6 Å². The SMILES string of the molecule is CCCCCCCOC(=O)C1(C)CCC(C2CCC(CCCCC)CC2)CC1. The fourth-order valence-electron chi connectivity index (χ4n) is 5.63. The average molecular weight is 393 g/mol. The van der Waals surface area contributed by atoms with Gasteiger partial charge in [-0.2, -0.15) is 0 Å². The van der Waals surface area contributed by atoms with Crippen molar-refractivity contribution in [1.82, 2.24) is 0 Å². The molecule has 2 aliphatic carbocycles. The highest BCUT2D eigenvalue weighted by atomic mass is 16.5. The van der Waals surface area contributed by atoms with E-state index in [9.17, 15) is 4.79 Å². The van der Waals surface area contributed by atoms with Gasteiger partial charge in [0.1, 0.15) is 0 Å². The summed E-state index contributed by atoms with van der Waals surface area (Å²) in [4.78, 5) is 12.6. The van der Waals surface area contributed by atoms with E-state index in [0.717, 1.165) is 37.0 Å². The molecule has 0 saturated heterocycles. The predicted octanol–water partition coefficient (Wildman–Crippen LogP) is 8.08. The van der Waals surface area contributed by atoms with Crippen LogP contribution in [0.25, 0.3) is 0 Å². The maximum atomic E-state index is 12.6. The van der Waals surface area contributed by atoms with Gasteiger partial charge in [0.15, 0.2) is 0 Å². The second kappa shape index (κ2) is 12.9. The Morgan fingerprint density at radius 3 is 2.00 bits per heavy atom. The van der Waals surface area contributed by atoms with Gasteiger partial charge in [0, 0.05) is 0 Å². The van der Waals surface area contributed by atoms with E-state index in [-0.39, 0.29) is 11.4 Å². The van der Waals surface area contributed by atoms with Crippen LogP contribution in [-0.2, 0) is 9.53 Å². The average Bonchev–Trinajstić information content (AvgIpc) is 2.72. The van der Waals surface area contributed by atoms with Gasteiger partial charge in [-0.1, -0.05) is 78.1 Å². The van der Waals surface area contributed by atoms with Crippen molar-refractivity contribution in [3.8, 4) is 0 Å². The number of esters is 1. The molecule has 28 heavy (non-hydrogen) atoms. The van der Waals surface area contributed by atoms with Crippen LogP contribution in [0.2, 0.25) is 0 Å². The minimum absolute atomic E-state index is 0.0843. The highest BCUT2D eigenvalue weighted by Gasteiger charge is 2.41. The Balaban J connectivity index is 1.62. The highest BCUT2D eigenvalue weighted by Crippen LogP contribution is 2.46. The second-order valence-corrected chi connectivity index (χ2v) is 10.2. The van der Waals surface area contributed by atoms with Crippen molar-refractivity contribution in [1.29, 1.82) is 0 Å². The molecular formula is C26H48O2. The van der Waals surface area contributed by atoms with Crippen molar-refractivity contribution < 1.29 is 9.53 Å². The van der Waals surface area contributed by atoms with Crippen LogP contribution < -0.4 is 0 Å². The molecule has 2 nitrogen and oxygen atoms in total. The third-order valence-corrected chi connectivity index (χ3v) is 7.88. The fraction of sp³-hybridized carbons (Fsp3) is 0.962. The molecule has 0 radical (unpaired) electrons. The quantitative estimate of drug-likeness (QED) is 0.248. The van der Waals surface area contributed by atoms with E-state index in [0.29, 0.717) is 6.61 Å². The zero-order valence-corrected chi connectivity index (χ0v) is 19.3. The van der Waals surface area contributed by atoms with E-state index in [2.05, 4.69) is 20.8 Å². The summed E-state index contributed by atoms with van der Waals surface area (Å²) in [5.74, 6) is 2.89. The predicted molar refractivity (Wildman–Crippen MR) is 119 cm³/mol. The molecule has 0 N–H and O–H groups in total. The summed E-state index contributed by atoms with van der Waals surface area (Å²) < 4.78 is 5.67. The van der Waals surface area contributed by atoms with Crippen molar-refractivity contribution in [3.63, 3.8) is 0 Å². The van der Waals surface area contributed by atoms with Crippen LogP contribution in [0, 0.1) is 23.2 Å². The standard InChI is InChI=1S/C26H48O2/c1-4-6-8-9-11-21-28-25(27)26(3)19-17-24(18-20-26)23-15-13-22(14-16-23)12-10-7-5-2/h22-24H,4-21H2,1-3H3. The van der Waals surface area contributed by atoms with Crippen LogP contribution in [0.4, 0.5) is 0 Å². The first-order chi connectivity index (χ1) is 13.6. The number of rotatable bonds is 12. The first-order valence-electron chi connectivity index (χ1n) is 12.8. The van der Waals surface area contributed by atoms with Gasteiger partial charge in [0.25, 0.3) is 0 Å². The first kappa shape index (κ1) is 23.7. The first-order valence-corrected chi connectivity index (χ1v) is 12.8. The zero-order valence-electron chi connectivity index (χ0n) is 19.3. The molecule has 0 aromatic carbocycles. The topological polar surface area (TPSA) is 26.3 Å². The van der Waals surface area contributed by atoms with Gasteiger partial charge >= 0.3 is 5.97 Å². The Morgan fingerprint density at radius 1 is 0.786 bits per heavy atom. The molecule has 0 aliphatic heterocycles. The monoisotopic (exact) mass is 392 g/mol. The van der Waals surface area contributed by atoms with E-state index >= 15 is 0 Å². The molecular weight excluding hydrogens is 344 g/mol. The molecule has 0 aromatic rings. The molecule has 2 aliphatic rings. The van der Waals surface area contributed by atoms with Crippen molar-refractivity contribution in [2.24, 2.45) is 23.2 Å². The number of hydrogen-bond donors (Lipinski definition) is 0. The summed E-state index contributed by atoms with van der Waals surface area (Å²) in [5.41, 5.74) is -0.211. The van der Waals surface area contributed by atoms with Crippen LogP contribution in [0.5, 0.6) is 0 Å². The molecule has 164 valence electrons. The summed E-state index contributed by atoms with van der Waals surface area (Å²) in [6, 6.07) is 0. The summed E-state index contributed by atoms with van der Waals surface area (Å²) in [7, 11) is 0. The molecule has 2 fully saturated rings. The number of carbonyl (C=O) groups is 1. The smallest absolute Gasteiger partial charge is 0.311 e. The largest absolute Gasteiger partial charge is 0.465 e. The van der Waals surface area contributed by atoms with Gasteiger partial charge in [0.05, 0.1) is 12.0 Å². The van der Waals surface area contributed by atoms with Crippen molar-refractivity contribution in [3.05, 3.63) is 0 Å². The van der Waals surface area contributed by atoms with E-state index < -0.39 is 0 Å². The zero-order chi connectivity index (χ0) is 20.2. The lowest BCUT2D eigenvalue weighted by molar-refractivity contribution is -0.158. The van der Waals surface area contributed by atoms with E-state index in [1.807, 2.05) is 0 Å². The third-order valence-electron chi connectivity index (χ3n) is 7.88. The van der Waals surface area contributed by atoms with Gasteiger partial charge in [0.2, 0.25) is 0 Å². The maximum absolute atomic E-state index is 12.6. The molecule has 2 rings (SSSR count). The van der Waals surface area contributed by atoms with Crippen molar-refractivity contribution in [2.75, 3.05) is 6.61 Å². The normalized spacial score (nSPS) is 30.9. The Labute approximate surface area is 175 Å². The van der Waals surface area contributed by atoms with Crippen LogP contribution in [0.3, 0.4) is 0 Å². The van der Waals surface area contributed by atoms with Crippen LogP contribution in [0.1, 0.15) is 130 Å². The molecule has 2 saturated carbocycles. The molecule has 0 atom stereocenters. The Kier molecular flexibility index (Phi) is 10.9. The van der Waals surface area contributed by atoms with E-state index in [1.54, 1.807) is 0 Å². The Hall–Kier alpha value is -0.530. The number of carbonyl (C=O) groups excluding carboxylic acids is 1. The molecule has 0 amide bonds. The fourth-order valence-corrected chi connectivity index (χ4v) is 5.63. The summed E-state index contributed by atoms with van der Waals surface area (Å²) >= 11 is 0. The van der Waals surface area contributed by atoms with Gasteiger partial charge in [-0.15, -0.1) is 0 Å². The lowest BCUT2D eigenvalue weighted by Gasteiger charge is -2.41. The van der Waals surface area contributed by atoms with Crippen LogP contribution in [0.15, 0.2) is 0 Å². The molecule has 0 bridgehead atoms. The van der Waals surface area contributed by atoms with Gasteiger partial charge in [-0.25, -0.2) is 0 Å². The minimum Gasteiger partial charge on any atom is -0.465 e. The third kappa shape index (κ3) is 7.71. The Morgan fingerprint density at radius 2 is 1.36 bits per heavy atom. The highest BCUT2D eigenvalue weighted by molar-refractivity contribution is 5.76. The van der Waals surface area contributed by atoms with E-state index in [1.165, 1.54) is 89.9 Å². The number of hydrogen-bond acceptors (Lipinski definition) is 2. The van der Waals surface area contributed by atoms with Crippen LogP contribution >= 0.6 is 0 Å². The Bertz CT molecular complexity index is 414. The lowest BCUT2D eigenvalue weighted by atomic mass is 9.65. The lowest BCUT2D eigenvalue weighted by Crippen LogP contribution is -2.36. The van der Waals surface area contributed by atoms with Crippen molar-refractivity contribution in [2.45, 2.75) is 130 Å². The second-order valence-electron chi connectivity index (χ2n) is 10.2. The maximum Gasteiger partial charge on any atom is 0.311 e. The van der Waals surface area contributed by atoms with Crippen molar-refractivity contribution >= 4 is 5.97 Å². The number of unbranched alkanes of at least 4 members (excludes halogenated alkanes) is 6. The number of ether oxygens (including phenoxy) is 1. The van der Waals surface area contributed by atoms with Crippen LogP contribution in [-0.4, -0.2) is 12.6 Å². The molecule has 0 spiro atoms. The summed E-state index contributed by atoms with van der Waals surface area (Å²) in [5, 5.41) is 0. The summed E-state index contributed by atoms with van der Waals surface area (Å²) in [6.45, 7) is 7.32. The summed E-state index contributed by atoms with van der Waals surface area (Å²) in [6.07, 6.45) is 22.1. The molecule has 0 unspecified atom stereocenters. The molecule has 0 heterocycles. The minimum atomic E-state index is -0.211. The van der Waals surface area contributed by atoms with Gasteiger partial charge < -0.3 is 4.74 Å². The molecule has 2 heteroatoms. The molecule has 0 aromatic heterocycles.